The van der Waals surface area contributed by atoms with Crippen LogP contribution in [0.15, 0.2) is 0 Å². The van der Waals surface area contributed by atoms with E-state index in [0.717, 1.165) is 13.0 Å². The smallest absolute Gasteiger partial charge is 0.227 e. The first-order valence-electron chi connectivity index (χ1n) is 5.26. The summed E-state index contributed by atoms with van der Waals surface area (Å²) >= 11 is 0. The van der Waals surface area contributed by atoms with Crippen molar-refractivity contribution in [2.45, 2.75) is 45.3 Å². The third-order valence-corrected chi connectivity index (χ3v) is 3.28. The zero-order valence-electron chi connectivity index (χ0n) is 9.23. The molecule has 1 aliphatic rings. The minimum absolute atomic E-state index is 0.0912. The van der Waals surface area contributed by atoms with E-state index >= 15 is 0 Å². The second-order valence-corrected chi connectivity index (χ2v) is 4.37. The summed E-state index contributed by atoms with van der Waals surface area (Å²) < 4.78 is 0. The SMILES string of the molecule is CC(N)C(C)C(=O)N1CCC(N)C1C. The van der Waals surface area contributed by atoms with Crippen LogP contribution in [0.25, 0.3) is 0 Å². The average molecular weight is 199 g/mol. The van der Waals surface area contributed by atoms with Crippen molar-refractivity contribution < 1.29 is 4.79 Å². The fraction of sp³-hybridized carbons (Fsp3) is 0.900. The quantitative estimate of drug-likeness (QED) is 0.653. The maximum absolute atomic E-state index is 11.9. The summed E-state index contributed by atoms with van der Waals surface area (Å²) in [4.78, 5) is 13.8. The molecule has 0 saturated carbocycles. The summed E-state index contributed by atoms with van der Waals surface area (Å²) in [5.74, 6) is 0.0307. The van der Waals surface area contributed by atoms with Crippen molar-refractivity contribution in [1.29, 1.82) is 0 Å². The molecule has 4 nitrogen and oxygen atoms in total. The zero-order valence-corrected chi connectivity index (χ0v) is 9.23. The summed E-state index contributed by atoms with van der Waals surface area (Å²) in [6.07, 6.45) is 0.901. The maximum Gasteiger partial charge on any atom is 0.227 e. The van der Waals surface area contributed by atoms with Gasteiger partial charge in [-0.3, -0.25) is 4.79 Å². The van der Waals surface area contributed by atoms with Crippen LogP contribution < -0.4 is 11.5 Å². The van der Waals surface area contributed by atoms with Crippen molar-refractivity contribution in [1.82, 2.24) is 4.90 Å². The molecule has 0 aromatic carbocycles. The molecule has 4 atom stereocenters. The molecule has 4 heteroatoms. The standard InChI is InChI=1S/C10H21N3O/c1-6(7(2)11)10(14)13-5-4-9(12)8(13)3/h6-9H,4-5,11-12H2,1-3H3. The first-order valence-corrected chi connectivity index (χ1v) is 5.26. The predicted octanol–water partition coefficient (Wildman–Crippen LogP) is -0.0822. The molecule has 14 heavy (non-hydrogen) atoms. The van der Waals surface area contributed by atoms with E-state index in [9.17, 15) is 4.79 Å². The van der Waals surface area contributed by atoms with Crippen LogP contribution in [0.4, 0.5) is 0 Å². The Morgan fingerprint density at radius 2 is 2.07 bits per heavy atom. The van der Waals surface area contributed by atoms with E-state index in [4.69, 9.17) is 11.5 Å². The van der Waals surface area contributed by atoms with Crippen molar-refractivity contribution in [3.8, 4) is 0 Å². The summed E-state index contributed by atoms with van der Waals surface area (Å²) in [6, 6.07) is 0.189. The van der Waals surface area contributed by atoms with Gasteiger partial charge in [-0.15, -0.1) is 0 Å². The monoisotopic (exact) mass is 199 g/mol. The van der Waals surface area contributed by atoms with Crippen LogP contribution in [0.1, 0.15) is 27.2 Å². The van der Waals surface area contributed by atoms with Gasteiger partial charge in [-0.25, -0.2) is 0 Å². The Balaban J connectivity index is 2.62. The molecule has 4 N–H and O–H groups in total. The third kappa shape index (κ3) is 2.07. The molecule has 1 heterocycles. The highest BCUT2D eigenvalue weighted by Crippen LogP contribution is 2.19. The van der Waals surface area contributed by atoms with Crippen molar-refractivity contribution in [2.75, 3.05) is 6.54 Å². The molecule has 1 aliphatic heterocycles. The van der Waals surface area contributed by atoms with Gasteiger partial charge in [0.2, 0.25) is 5.91 Å². The van der Waals surface area contributed by atoms with Gasteiger partial charge in [0, 0.05) is 24.7 Å². The van der Waals surface area contributed by atoms with Gasteiger partial charge >= 0.3 is 0 Å². The van der Waals surface area contributed by atoms with Gasteiger partial charge in [-0.2, -0.15) is 0 Å². The van der Waals surface area contributed by atoms with E-state index in [1.165, 1.54) is 0 Å². The number of likely N-dealkylation sites (tertiary alicyclic amines) is 1. The molecule has 1 rings (SSSR count). The van der Waals surface area contributed by atoms with Crippen molar-refractivity contribution in [2.24, 2.45) is 17.4 Å². The highest BCUT2D eigenvalue weighted by atomic mass is 16.2. The van der Waals surface area contributed by atoms with Crippen molar-refractivity contribution in [3.63, 3.8) is 0 Å². The third-order valence-electron chi connectivity index (χ3n) is 3.28. The highest BCUT2D eigenvalue weighted by Gasteiger charge is 2.34. The molecule has 0 spiro atoms. The van der Waals surface area contributed by atoms with Crippen LogP contribution in [-0.4, -0.2) is 35.5 Å². The second-order valence-electron chi connectivity index (χ2n) is 4.37. The van der Waals surface area contributed by atoms with Crippen LogP contribution in [0.5, 0.6) is 0 Å². The fourth-order valence-corrected chi connectivity index (χ4v) is 1.76. The number of rotatable bonds is 2. The van der Waals surface area contributed by atoms with Crippen molar-refractivity contribution in [3.05, 3.63) is 0 Å². The molecule has 4 unspecified atom stereocenters. The van der Waals surface area contributed by atoms with Crippen LogP contribution >= 0.6 is 0 Å². The molecule has 0 radical (unpaired) electrons. The number of carbonyl (C=O) groups is 1. The first kappa shape index (κ1) is 11.5. The van der Waals surface area contributed by atoms with E-state index in [1.807, 2.05) is 25.7 Å². The lowest BCUT2D eigenvalue weighted by Gasteiger charge is -2.27. The second kappa shape index (κ2) is 4.28. The lowest BCUT2D eigenvalue weighted by atomic mass is 10.0. The van der Waals surface area contributed by atoms with E-state index in [0.29, 0.717) is 0 Å². The topological polar surface area (TPSA) is 72.4 Å². The number of nitrogens with two attached hydrogens (primary N) is 2. The number of hydrogen-bond acceptors (Lipinski definition) is 3. The summed E-state index contributed by atoms with van der Waals surface area (Å²) in [5.41, 5.74) is 11.6. The highest BCUT2D eigenvalue weighted by molar-refractivity contribution is 5.79. The maximum atomic E-state index is 11.9. The Labute approximate surface area is 85.6 Å². The predicted molar refractivity (Wildman–Crippen MR) is 56.6 cm³/mol. The number of nitrogens with zero attached hydrogens (tertiary/aromatic N) is 1. The Bertz CT molecular complexity index is 217. The molecule has 0 aromatic rings. The molecule has 0 aliphatic carbocycles. The lowest BCUT2D eigenvalue weighted by molar-refractivity contribution is -0.136. The Kier molecular flexibility index (Phi) is 3.50. The fourth-order valence-electron chi connectivity index (χ4n) is 1.76. The largest absolute Gasteiger partial charge is 0.338 e. The molecule has 82 valence electrons. The van der Waals surface area contributed by atoms with Gasteiger partial charge in [-0.05, 0) is 20.3 Å². The van der Waals surface area contributed by atoms with Crippen LogP contribution in [0.2, 0.25) is 0 Å². The van der Waals surface area contributed by atoms with E-state index in [2.05, 4.69) is 0 Å². The Morgan fingerprint density at radius 1 is 1.50 bits per heavy atom. The molecule has 1 amide bonds. The molecular formula is C10H21N3O. The summed E-state index contributed by atoms with van der Waals surface area (Å²) in [5, 5.41) is 0. The first-order chi connectivity index (χ1) is 6.45. The van der Waals surface area contributed by atoms with E-state index in [-0.39, 0.29) is 30.0 Å². The van der Waals surface area contributed by atoms with Gasteiger partial charge in [0.25, 0.3) is 0 Å². The van der Waals surface area contributed by atoms with Gasteiger partial charge in [0.05, 0.1) is 5.92 Å². The minimum Gasteiger partial charge on any atom is -0.338 e. The number of hydrogen-bond donors (Lipinski definition) is 2. The lowest BCUT2D eigenvalue weighted by Crippen LogP contribution is -2.46. The Morgan fingerprint density at radius 3 is 2.43 bits per heavy atom. The zero-order chi connectivity index (χ0) is 10.9. The summed E-state index contributed by atoms with van der Waals surface area (Å²) in [7, 11) is 0. The number of amides is 1. The minimum atomic E-state index is -0.109. The van der Waals surface area contributed by atoms with E-state index in [1.54, 1.807) is 0 Å². The molecule has 1 saturated heterocycles. The van der Waals surface area contributed by atoms with Gasteiger partial charge in [-0.1, -0.05) is 6.92 Å². The molecular weight excluding hydrogens is 178 g/mol. The van der Waals surface area contributed by atoms with Crippen molar-refractivity contribution >= 4 is 5.91 Å². The van der Waals surface area contributed by atoms with E-state index < -0.39 is 0 Å². The molecule has 1 fully saturated rings. The average Bonchev–Trinajstić information content (AvgIpc) is 2.45. The van der Waals surface area contributed by atoms with Crippen LogP contribution in [0.3, 0.4) is 0 Å². The van der Waals surface area contributed by atoms with Crippen LogP contribution in [0, 0.1) is 5.92 Å². The molecule has 0 bridgehead atoms. The summed E-state index contributed by atoms with van der Waals surface area (Å²) in [6.45, 7) is 6.52. The van der Waals surface area contributed by atoms with Gasteiger partial charge < -0.3 is 16.4 Å². The van der Waals surface area contributed by atoms with Gasteiger partial charge in [0.1, 0.15) is 0 Å². The van der Waals surface area contributed by atoms with Gasteiger partial charge in [0.15, 0.2) is 0 Å². The molecule has 0 aromatic heterocycles. The Hall–Kier alpha value is -0.610. The van der Waals surface area contributed by atoms with Crippen LogP contribution in [-0.2, 0) is 4.79 Å². The number of carbonyl (C=O) groups excluding carboxylic acids is 1. The normalized spacial score (nSPS) is 31.6.